The number of hydrogen-bond acceptors (Lipinski definition) is 4. The molecule has 1 aliphatic rings. The fourth-order valence-corrected chi connectivity index (χ4v) is 8.31. The molecular weight excluding hydrogens is 695 g/mol. The molecule has 0 spiro atoms. The van der Waals surface area contributed by atoms with E-state index in [9.17, 15) is 0 Å². The Kier molecular flexibility index (Phi) is 7.78. The van der Waals surface area contributed by atoms with Crippen LogP contribution in [-0.4, -0.2) is 4.98 Å². The van der Waals surface area contributed by atoms with E-state index in [4.69, 9.17) is 9.72 Å². The topological polar surface area (TPSA) is 28.6 Å². The van der Waals surface area contributed by atoms with Gasteiger partial charge in [0.05, 0.1) is 5.69 Å². The zero-order valence-electron chi connectivity index (χ0n) is 31.0. The largest absolute Gasteiger partial charge is 0.456 e. The molecule has 1 aliphatic heterocycles. The Morgan fingerprint density at radius 2 is 0.965 bits per heavy atom. The second kappa shape index (κ2) is 13.6. The minimum atomic E-state index is 0.834. The fourth-order valence-electron chi connectivity index (χ4n) is 8.31. The van der Waals surface area contributed by atoms with Crippen LogP contribution in [0.4, 0.5) is 34.3 Å². The van der Waals surface area contributed by atoms with Crippen LogP contribution in [0.3, 0.4) is 0 Å². The number of fused-ring (bicyclic) bond motifs is 4. The predicted octanol–water partition coefficient (Wildman–Crippen LogP) is 14.9. The summed E-state index contributed by atoms with van der Waals surface area (Å²) in [6.45, 7) is 0. The molecule has 2 heterocycles. The first-order valence-corrected chi connectivity index (χ1v) is 19.3. The van der Waals surface area contributed by atoms with E-state index in [2.05, 4.69) is 210 Å². The molecule has 4 nitrogen and oxygen atoms in total. The van der Waals surface area contributed by atoms with Crippen molar-refractivity contribution in [2.45, 2.75) is 0 Å². The first-order chi connectivity index (χ1) is 28.2. The molecule has 0 atom stereocenters. The molecule has 4 heteroatoms. The Balaban J connectivity index is 0.964. The Morgan fingerprint density at radius 3 is 1.63 bits per heavy atom. The van der Waals surface area contributed by atoms with Crippen LogP contribution in [0.15, 0.2) is 212 Å². The summed E-state index contributed by atoms with van der Waals surface area (Å²) in [5.41, 5.74) is 9.70. The quantitative estimate of drug-likeness (QED) is 0.163. The number of nitrogens with zero attached hydrogens (tertiary/aromatic N) is 3. The highest BCUT2D eigenvalue weighted by atomic mass is 16.5. The lowest BCUT2D eigenvalue weighted by Gasteiger charge is -2.29. The van der Waals surface area contributed by atoms with E-state index in [1.54, 1.807) is 0 Å². The molecule has 0 bridgehead atoms. The van der Waals surface area contributed by atoms with E-state index in [-0.39, 0.29) is 0 Å². The highest BCUT2D eigenvalue weighted by Crippen LogP contribution is 2.51. The van der Waals surface area contributed by atoms with Crippen LogP contribution < -0.4 is 14.5 Å². The first-order valence-electron chi connectivity index (χ1n) is 19.3. The van der Waals surface area contributed by atoms with Crippen molar-refractivity contribution in [3.63, 3.8) is 0 Å². The summed E-state index contributed by atoms with van der Waals surface area (Å²) in [4.78, 5) is 9.60. The van der Waals surface area contributed by atoms with Crippen molar-refractivity contribution in [1.82, 2.24) is 4.98 Å². The number of benzene rings is 9. The SMILES string of the molecule is c1ccc(N(c2ccc3ccccc3c2)c2ccc(-c3ccc4c(c3)Oc3cccc5c(N(c6ccccc6)c6ccc7ccccc7c6)ccc-4c35)cn2)cc1. The van der Waals surface area contributed by atoms with Crippen LogP contribution in [0.1, 0.15) is 0 Å². The summed E-state index contributed by atoms with van der Waals surface area (Å²) in [6.07, 6.45) is 1.96. The number of aromatic nitrogens is 1. The first kappa shape index (κ1) is 32.7. The smallest absolute Gasteiger partial charge is 0.137 e. The Labute approximate surface area is 331 Å². The number of ether oxygens (including phenoxy) is 1. The molecule has 57 heavy (non-hydrogen) atoms. The maximum absolute atomic E-state index is 6.78. The number of anilines is 6. The zero-order valence-corrected chi connectivity index (χ0v) is 31.0. The van der Waals surface area contributed by atoms with E-state index in [1.807, 2.05) is 12.3 Å². The molecule has 0 fully saturated rings. The second-order valence-corrected chi connectivity index (χ2v) is 14.4. The van der Waals surface area contributed by atoms with Crippen LogP contribution in [-0.2, 0) is 0 Å². The molecule has 0 amide bonds. The number of rotatable bonds is 7. The molecule has 0 aliphatic carbocycles. The van der Waals surface area contributed by atoms with Crippen LogP contribution in [0, 0.1) is 0 Å². The molecule has 0 unspecified atom stereocenters. The second-order valence-electron chi connectivity index (χ2n) is 14.4. The molecule has 9 aromatic carbocycles. The molecule has 0 saturated carbocycles. The van der Waals surface area contributed by atoms with E-state index in [1.165, 1.54) is 21.5 Å². The molecule has 0 radical (unpaired) electrons. The summed E-state index contributed by atoms with van der Waals surface area (Å²) in [5, 5.41) is 7.06. The normalized spacial score (nSPS) is 11.6. The van der Waals surface area contributed by atoms with Crippen LogP contribution in [0.5, 0.6) is 11.5 Å². The minimum absolute atomic E-state index is 0.834. The third-order valence-electron chi connectivity index (χ3n) is 11.0. The Bertz CT molecular complexity index is 3110. The van der Waals surface area contributed by atoms with Crippen LogP contribution >= 0.6 is 0 Å². The van der Waals surface area contributed by atoms with Gasteiger partial charge in [-0.2, -0.15) is 0 Å². The highest BCUT2D eigenvalue weighted by molar-refractivity contribution is 6.11. The molecule has 10 aromatic rings. The lowest BCUT2D eigenvalue weighted by molar-refractivity contribution is 0.487. The minimum Gasteiger partial charge on any atom is -0.456 e. The maximum Gasteiger partial charge on any atom is 0.137 e. The lowest BCUT2D eigenvalue weighted by atomic mass is 9.92. The van der Waals surface area contributed by atoms with Gasteiger partial charge in [0.1, 0.15) is 17.3 Å². The Hall–Kier alpha value is -7.69. The highest BCUT2D eigenvalue weighted by Gasteiger charge is 2.25. The average Bonchev–Trinajstić information content (AvgIpc) is 3.28. The summed E-state index contributed by atoms with van der Waals surface area (Å²) in [6, 6.07) is 72.9. The third-order valence-corrected chi connectivity index (χ3v) is 11.0. The van der Waals surface area contributed by atoms with Crippen molar-refractivity contribution in [3.05, 3.63) is 212 Å². The van der Waals surface area contributed by atoms with Crippen molar-refractivity contribution in [2.24, 2.45) is 0 Å². The monoisotopic (exact) mass is 729 g/mol. The van der Waals surface area contributed by atoms with Gasteiger partial charge in [0, 0.05) is 50.8 Å². The summed E-state index contributed by atoms with van der Waals surface area (Å²) >= 11 is 0. The van der Waals surface area contributed by atoms with Crippen molar-refractivity contribution in [2.75, 3.05) is 9.80 Å². The molecule has 0 N–H and O–H groups in total. The average molecular weight is 730 g/mol. The van der Waals surface area contributed by atoms with Crippen molar-refractivity contribution in [1.29, 1.82) is 0 Å². The van der Waals surface area contributed by atoms with E-state index < -0.39 is 0 Å². The third kappa shape index (κ3) is 5.74. The molecule has 0 saturated heterocycles. The van der Waals surface area contributed by atoms with Crippen molar-refractivity contribution in [3.8, 4) is 33.8 Å². The molecule has 11 rings (SSSR count). The van der Waals surface area contributed by atoms with Crippen LogP contribution in [0.2, 0.25) is 0 Å². The predicted molar refractivity (Wildman–Crippen MR) is 237 cm³/mol. The van der Waals surface area contributed by atoms with Gasteiger partial charge < -0.3 is 9.64 Å². The standard InChI is InChI=1S/C53H35N3O/c1-3-16-42(17-4-1)55(44-26-22-36-12-7-9-14-38(36)32-44)49-30-29-47-46-28-24-40(34-51(46)57-50-21-11-20-48(49)53(47)50)41-25-31-52(54-35-41)56(43-18-5-2-6-19-43)45-27-23-37-13-8-10-15-39(37)33-45/h1-35H. The summed E-state index contributed by atoms with van der Waals surface area (Å²) in [5.74, 6) is 2.53. The van der Waals surface area contributed by atoms with E-state index in [0.717, 1.165) is 78.8 Å². The Morgan fingerprint density at radius 1 is 0.368 bits per heavy atom. The van der Waals surface area contributed by atoms with Gasteiger partial charge in [0.25, 0.3) is 0 Å². The number of pyridine rings is 1. The zero-order chi connectivity index (χ0) is 37.7. The van der Waals surface area contributed by atoms with Gasteiger partial charge in [0.15, 0.2) is 0 Å². The molecular formula is C53H35N3O. The maximum atomic E-state index is 6.78. The number of hydrogen-bond donors (Lipinski definition) is 0. The summed E-state index contributed by atoms with van der Waals surface area (Å²) < 4.78 is 6.78. The van der Waals surface area contributed by atoms with Gasteiger partial charge >= 0.3 is 0 Å². The van der Waals surface area contributed by atoms with Crippen molar-refractivity contribution < 1.29 is 4.74 Å². The van der Waals surface area contributed by atoms with Gasteiger partial charge in [-0.25, -0.2) is 4.98 Å². The van der Waals surface area contributed by atoms with E-state index >= 15 is 0 Å². The van der Waals surface area contributed by atoms with Crippen LogP contribution in [0.25, 0.3) is 54.6 Å². The summed E-state index contributed by atoms with van der Waals surface area (Å²) in [7, 11) is 0. The lowest BCUT2D eigenvalue weighted by Crippen LogP contribution is -2.11. The van der Waals surface area contributed by atoms with Gasteiger partial charge in [-0.05, 0) is 118 Å². The molecule has 268 valence electrons. The molecule has 1 aromatic heterocycles. The van der Waals surface area contributed by atoms with Gasteiger partial charge in [0.2, 0.25) is 0 Å². The van der Waals surface area contributed by atoms with Gasteiger partial charge in [-0.15, -0.1) is 0 Å². The van der Waals surface area contributed by atoms with Gasteiger partial charge in [-0.3, -0.25) is 4.90 Å². The van der Waals surface area contributed by atoms with E-state index in [0.29, 0.717) is 0 Å². The number of para-hydroxylation sites is 2. The van der Waals surface area contributed by atoms with Gasteiger partial charge in [-0.1, -0.05) is 121 Å². The fraction of sp³-hybridized carbons (Fsp3) is 0. The van der Waals surface area contributed by atoms with Crippen molar-refractivity contribution >= 4 is 66.6 Å².